The summed E-state index contributed by atoms with van der Waals surface area (Å²) in [6.45, 7) is 2.21. The van der Waals surface area contributed by atoms with Crippen molar-refractivity contribution in [1.82, 2.24) is 5.32 Å². The topological polar surface area (TPSA) is 55.1 Å². The van der Waals surface area contributed by atoms with Gasteiger partial charge in [0.25, 0.3) is 0 Å². The molecule has 0 aromatic carbocycles. The third-order valence-electron chi connectivity index (χ3n) is 1.53. The lowest BCUT2D eigenvalue weighted by molar-refractivity contribution is -0.122. The standard InChI is InChI=1S/C8H11BrN2OS.ClH/c1-5(10)8(12)11-4-7-6(9)2-3-13-7;/h2-3,5H,4,10H2,1H3,(H,11,12);1H/t5-;/m0./s1. The SMILES string of the molecule is C[C@H](N)C(=O)NCc1sccc1Br.Cl. The van der Waals surface area contributed by atoms with Crippen LogP contribution in [-0.4, -0.2) is 11.9 Å². The van der Waals surface area contributed by atoms with Gasteiger partial charge >= 0.3 is 0 Å². The maximum absolute atomic E-state index is 11.1. The summed E-state index contributed by atoms with van der Waals surface area (Å²) in [7, 11) is 0. The van der Waals surface area contributed by atoms with Gasteiger partial charge in [-0.3, -0.25) is 4.79 Å². The van der Waals surface area contributed by atoms with Gasteiger partial charge in [-0.05, 0) is 34.3 Å². The summed E-state index contributed by atoms with van der Waals surface area (Å²) in [4.78, 5) is 12.2. The third kappa shape index (κ3) is 3.96. The van der Waals surface area contributed by atoms with E-state index in [1.54, 1.807) is 18.3 Å². The number of nitrogens with one attached hydrogen (secondary N) is 1. The van der Waals surface area contributed by atoms with E-state index in [0.717, 1.165) is 9.35 Å². The molecule has 0 aliphatic rings. The zero-order valence-corrected chi connectivity index (χ0v) is 10.8. The average molecular weight is 300 g/mol. The van der Waals surface area contributed by atoms with Crippen LogP contribution in [0.5, 0.6) is 0 Å². The van der Waals surface area contributed by atoms with Gasteiger partial charge < -0.3 is 11.1 Å². The number of amides is 1. The molecule has 80 valence electrons. The molecule has 0 saturated carbocycles. The van der Waals surface area contributed by atoms with E-state index >= 15 is 0 Å². The van der Waals surface area contributed by atoms with Gasteiger partial charge in [-0.1, -0.05) is 0 Å². The van der Waals surface area contributed by atoms with Crippen molar-refractivity contribution >= 4 is 45.6 Å². The van der Waals surface area contributed by atoms with Crippen LogP contribution in [0, 0.1) is 0 Å². The molecule has 3 nitrogen and oxygen atoms in total. The van der Waals surface area contributed by atoms with E-state index < -0.39 is 6.04 Å². The Morgan fingerprint density at radius 3 is 2.86 bits per heavy atom. The monoisotopic (exact) mass is 298 g/mol. The molecule has 0 fully saturated rings. The van der Waals surface area contributed by atoms with Gasteiger partial charge in [0.15, 0.2) is 0 Å². The van der Waals surface area contributed by atoms with Crippen molar-refractivity contribution in [3.05, 3.63) is 20.8 Å². The second kappa shape index (κ2) is 6.40. The summed E-state index contributed by atoms with van der Waals surface area (Å²) in [6, 6.07) is 1.51. The Labute approximate surface area is 102 Å². The van der Waals surface area contributed by atoms with Crippen molar-refractivity contribution in [3.63, 3.8) is 0 Å². The Balaban J connectivity index is 0.00000169. The Kier molecular flexibility index (Phi) is 6.35. The molecule has 1 atom stereocenters. The van der Waals surface area contributed by atoms with E-state index in [2.05, 4.69) is 21.2 Å². The summed E-state index contributed by atoms with van der Waals surface area (Å²) in [5.74, 6) is -0.125. The molecule has 0 spiro atoms. The van der Waals surface area contributed by atoms with Crippen LogP contribution in [0.15, 0.2) is 15.9 Å². The Hall–Kier alpha value is -0.100. The first-order chi connectivity index (χ1) is 6.11. The van der Waals surface area contributed by atoms with Crippen LogP contribution in [0.1, 0.15) is 11.8 Å². The summed E-state index contributed by atoms with van der Waals surface area (Å²) in [5, 5.41) is 4.71. The van der Waals surface area contributed by atoms with Gasteiger partial charge in [-0.25, -0.2) is 0 Å². The van der Waals surface area contributed by atoms with Gasteiger partial charge in [-0.2, -0.15) is 0 Å². The second-order valence-corrected chi connectivity index (χ2v) is 4.55. The van der Waals surface area contributed by atoms with E-state index in [4.69, 9.17) is 5.73 Å². The lowest BCUT2D eigenvalue weighted by atomic mass is 10.3. The highest BCUT2D eigenvalue weighted by Gasteiger charge is 2.07. The molecule has 0 radical (unpaired) electrons. The Morgan fingerprint density at radius 2 is 2.43 bits per heavy atom. The van der Waals surface area contributed by atoms with Gasteiger partial charge in [0, 0.05) is 9.35 Å². The highest BCUT2D eigenvalue weighted by molar-refractivity contribution is 9.10. The molecule has 0 aliphatic carbocycles. The molecule has 1 aromatic rings. The zero-order valence-electron chi connectivity index (χ0n) is 7.62. The van der Waals surface area contributed by atoms with Gasteiger partial charge in [0.1, 0.15) is 0 Å². The first-order valence-corrected chi connectivity index (χ1v) is 5.53. The smallest absolute Gasteiger partial charge is 0.236 e. The molecule has 1 rings (SSSR count). The van der Waals surface area contributed by atoms with E-state index in [0.29, 0.717) is 6.54 Å². The van der Waals surface area contributed by atoms with E-state index in [-0.39, 0.29) is 18.3 Å². The molecular formula is C8H12BrClN2OS. The molecule has 0 bridgehead atoms. The highest BCUT2D eigenvalue weighted by Crippen LogP contribution is 2.21. The molecular weight excluding hydrogens is 288 g/mol. The van der Waals surface area contributed by atoms with E-state index in [9.17, 15) is 4.79 Å². The Morgan fingerprint density at radius 1 is 1.79 bits per heavy atom. The van der Waals surface area contributed by atoms with Gasteiger partial charge in [0.2, 0.25) is 5.91 Å². The molecule has 0 unspecified atom stereocenters. The van der Waals surface area contributed by atoms with Crippen molar-refractivity contribution < 1.29 is 4.79 Å². The molecule has 1 heterocycles. The van der Waals surface area contributed by atoms with Crippen LogP contribution >= 0.6 is 39.7 Å². The first-order valence-electron chi connectivity index (χ1n) is 3.86. The summed E-state index contributed by atoms with van der Waals surface area (Å²) >= 11 is 4.98. The van der Waals surface area contributed by atoms with Crippen molar-refractivity contribution in [2.75, 3.05) is 0 Å². The highest BCUT2D eigenvalue weighted by atomic mass is 79.9. The number of nitrogens with two attached hydrogens (primary N) is 1. The fourth-order valence-corrected chi connectivity index (χ4v) is 2.21. The number of hydrogen-bond donors (Lipinski definition) is 2. The fourth-order valence-electron chi connectivity index (χ4n) is 0.780. The summed E-state index contributed by atoms with van der Waals surface area (Å²) in [5.41, 5.74) is 5.39. The van der Waals surface area contributed by atoms with E-state index in [1.807, 2.05) is 11.4 Å². The lowest BCUT2D eigenvalue weighted by Gasteiger charge is -2.06. The maximum Gasteiger partial charge on any atom is 0.236 e. The number of hydrogen-bond acceptors (Lipinski definition) is 3. The van der Waals surface area contributed by atoms with Crippen LogP contribution < -0.4 is 11.1 Å². The molecule has 6 heteroatoms. The average Bonchev–Trinajstić information content (AvgIpc) is 2.47. The first kappa shape index (κ1) is 13.9. The normalized spacial score (nSPS) is 11.6. The molecule has 1 aromatic heterocycles. The number of halogens is 2. The minimum atomic E-state index is -0.446. The van der Waals surface area contributed by atoms with Crippen LogP contribution in [0.3, 0.4) is 0 Å². The number of carbonyl (C=O) groups excluding carboxylic acids is 1. The fraction of sp³-hybridized carbons (Fsp3) is 0.375. The molecule has 3 N–H and O–H groups in total. The van der Waals surface area contributed by atoms with Crippen molar-refractivity contribution in [2.24, 2.45) is 5.73 Å². The van der Waals surface area contributed by atoms with Crippen molar-refractivity contribution in [1.29, 1.82) is 0 Å². The predicted molar refractivity (Wildman–Crippen MR) is 64.8 cm³/mol. The number of thiophene rings is 1. The largest absolute Gasteiger partial charge is 0.350 e. The van der Waals surface area contributed by atoms with E-state index in [1.165, 1.54) is 0 Å². The maximum atomic E-state index is 11.1. The van der Waals surface area contributed by atoms with Crippen LogP contribution in [0.2, 0.25) is 0 Å². The Bertz CT molecular complexity index is 303. The van der Waals surface area contributed by atoms with Gasteiger partial charge in [0.05, 0.1) is 12.6 Å². The van der Waals surface area contributed by atoms with Crippen LogP contribution in [0.4, 0.5) is 0 Å². The zero-order chi connectivity index (χ0) is 9.84. The number of carbonyl (C=O) groups is 1. The second-order valence-electron chi connectivity index (χ2n) is 2.70. The number of rotatable bonds is 3. The molecule has 1 amide bonds. The van der Waals surface area contributed by atoms with Crippen LogP contribution in [-0.2, 0) is 11.3 Å². The third-order valence-corrected chi connectivity index (χ3v) is 3.45. The van der Waals surface area contributed by atoms with Crippen LogP contribution in [0.25, 0.3) is 0 Å². The van der Waals surface area contributed by atoms with Gasteiger partial charge in [-0.15, -0.1) is 23.7 Å². The lowest BCUT2D eigenvalue weighted by Crippen LogP contribution is -2.37. The molecule has 0 saturated heterocycles. The quantitative estimate of drug-likeness (QED) is 0.895. The summed E-state index contributed by atoms with van der Waals surface area (Å²) in [6.07, 6.45) is 0. The van der Waals surface area contributed by atoms with Crippen molar-refractivity contribution in [2.45, 2.75) is 19.5 Å². The molecule has 0 aliphatic heterocycles. The minimum absolute atomic E-state index is 0. The molecule has 14 heavy (non-hydrogen) atoms. The predicted octanol–water partition coefficient (Wildman–Crippen LogP) is 1.90. The summed E-state index contributed by atoms with van der Waals surface area (Å²) < 4.78 is 1.03. The van der Waals surface area contributed by atoms with Crippen molar-refractivity contribution in [3.8, 4) is 0 Å². The minimum Gasteiger partial charge on any atom is -0.350 e.